The van der Waals surface area contributed by atoms with E-state index in [0.29, 0.717) is 34.7 Å². The Labute approximate surface area is 196 Å². The number of hydrogen-bond acceptors (Lipinski definition) is 6. The second-order valence-electron chi connectivity index (χ2n) is 7.48. The number of carbonyl (C=O) groups is 1. The lowest BCUT2D eigenvalue weighted by atomic mass is 10.1. The second kappa shape index (κ2) is 9.38. The summed E-state index contributed by atoms with van der Waals surface area (Å²) >= 11 is 1.14. The fourth-order valence-electron chi connectivity index (χ4n) is 3.46. The number of thioether (sulfide) groups is 1. The fourth-order valence-corrected chi connectivity index (χ4v) is 4.41. The number of alkyl halides is 4. The van der Waals surface area contributed by atoms with Gasteiger partial charge in [-0.05, 0) is 60.2 Å². The Kier molecular flexibility index (Phi) is 6.52. The van der Waals surface area contributed by atoms with Crippen LogP contribution in [-0.4, -0.2) is 42.3 Å². The number of hydrogen-bond donors (Lipinski definition) is 0. The standard InChI is InChI=1S/C23H17F4N3O3S/c1-32-19-9-13(10-20-21(31)29-22(34-20)30-7-6-15(24)12-30)2-5-18(19)33-17-4-3-14(11-28)8-16(17)23(25,26)27/h2-5,8-10,15H,6-7,12H2,1H3/b20-10-/t15-/m1/s1. The lowest BCUT2D eigenvalue weighted by molar-refractivity contribution is -0.138. The van der Waals surface area contributed by atoms with Gasteiger partial charge < -0.3 is 14.4 Å². The number of ether oxygens (including phenoxy) is 2. The Hall–Kier alpha value is -3.52. The van der Waals surface area contributed by atoms with E-state index >= 15 is 0 Å². The third-order valence-electron chi connectivity index (χ3n) is 5.13. The van der Waals surface area contributed by atoms with Crippen LogP contribution in [-0.2, 0) is 11.0 Å². The van der Waals surface area contributed by atoms with Gasteiger partial charge in [-0.25, -0.2) is 4.39 Å². The van der Waals surface area contributed by atoms with Crippen molar-refractivity contribution in [3.05, 3.63) is 58.0 Å². The van der Waals surface area contributed by atoms with Gasteiger partial charge in [0.2, 0.25) is 0 Å². The van der Waals surface area contributed by atoms with Crippen LogP contribution in [0.3, 0.4) is 0 Å². The molecule has 1 amide bonds. The SMILES string of the molecule is COc1cc(/C=C2\SC(N3CC[C@@H](F)C3)=NC2=O)ccc1Oc1ccc(C#N)cc1C(F)(F)F. The zero-order chi connectivity index (χ0) is 24.5. The maximum atomic E-state index is 13.5. The van der Waals surface area contributed by atoms with Crippen molar-refractivity contribution in [3.63, 3.8) is 0 Å². The minimum atomic E-state index is -4.73. The summed E-state index contributed by atoms with van der Waals surface area (Å²) in [6, 6.07) is 9.18. The topological polar surface area (TPSA) is 74.9 Å². The first-order valence-corrected chi connectivity index (χ1v) is 10.9. The lowest BCUT2D eigenvalue weighted by Crippen LogP contribution is -2.25. The van der Waals surface area contributed by atoms with Gasteiger partial charge in [-0.1, -0.05) is 6.07 Å². The number of nitrogens with zero attached hydrogens (tertiary/aromatic N) is 3. The number of benzene rings is 2. The first-order valence-electron chi connectivity index (χ1n) is 10.1. The highest BCUT2D eigenvalue weighted by Crippen LogP contribution is 2.41. The Morgan fingerprint density at radius 2 is 1.97 bits per heavy atom. The van der Waals surface area contributed by atoms with Crippen molar-refractivity contribution in [3.8, 4) is 23.3 Å². The largest absolute Gasteiger partial charge is 0.493 e. The van der Waals surface area contributed by atoms with E-state index in [9.17, 15) is 22.4 Å². The summed E-state index contributed by atoms with van der Waals surface area (Å²) in [7, 11) is 1.33. The predicted octanol–water partition coefficient (Wildman–Crippen LogP) is 5.39. The van der Waals surface area contributed by atoms with Crippen molar-refractivity contribution in [1.82, 2.24) is 4.90 Å². The molecule has 0 aliphatic carbocycles. The van der Waals surface area contributed by atoms with Crippen LogP contribution in [0, 0.1) is 11.3 Å². The molecule has 11 heteroatoms. The monoisotopic (exact) mass is 491 g/mol. The third kappa shape index (κ3) is 5.02. The minimum Gasteiger partial charge on any atom is -0.493 e. The molecule has 176 valence electrons. The molecule has 2 aromatic rings. The summed E-state index contributed by atoms with van der Waals surface area (Å²) in [5.74, 6) is -0.766. The molecule has 2 aliphatic heterocycles. The van der Waals surface area contributed by atoms with E-state index in [0.717, 1.165) is 17.8 Å². The summed E-state index contributed by atoms with van der Waals surface area (Å²) in [5, 5.41) is 9.36. The van der Waals surface area contributed by atoms with E-state index in [1.807, 2.05) is 0 Å². The normalized spacial score (nSPS) is 19.4. The number of aliphatic imine (C=N–C) groups is 1. The molecule has 0 spiro atoms. The number of halogens is 4. The molecule has 0 saturated carbocycles. The first kappa shape index (κ1) is 23.6. The molecule has 0 unspecified atom stereocenters. The molecular formula is C23H17F4N3O3S. The van der Waals surface area contributed by atoms with Crippen molar-refractivity contribution < 1.29 is 31.8 Å². The summed E-state index contributed by atoms with van der Waals surface area (Å²) in [5.41, 5.74) is -0.697. The summed E-state index contributed by atoms with van der Waals surface area (Å²) in [6.07, 6.45) is -3.71. The van der Waals surface area contributed by atoms with E-state index in [2.05, 4.69) is 4.99 Å². The maximum Gasteiger partial charge on any atom is 0.420 e. The Balaban J connectivity index is 1.57. The van der Waals surface area contributed by atoms with E-state index < -0.39 is 29.6 Å². The van der Waals surface area contributed by atoms with Crippen molar-refractivity contribution in [2.45, 2.75) is 18.8 Å². The Bertz CT molecular complexity index is 1240. The van der Waals surface area contributed by atoms with Crippen LogP contribution < -0.4 is 9.47 Å². The molecule has 6 nitrogen and oxygen atoms in total. The van der Waals surface area contributed by atoms with Crippen molar-refractivity contribution in [2.75, 3.05) is 20.2 Å². The summed E-state index contributed by atoms with van der Waals surface area (Å²) < 4.78 is 64.6. The number of likely N-dealkylation sites (tertiary alicyclic amines) is 1. The number of carbonyl (C=O) groups excluding carboxylic acids is 1. The number of methoxy groups -OCH3 is 1. The van der Waals surface area contributed by atoms with Crippen LogP contribution in [0.2, 0.25) is 0 Å². The van der Waals surface area contributed by atoms with Crippen LogP contribution in [0.15, 0.2) is 46.3 Å². The predicted molar refractivity (Wildman–Crippen MR) is 118 cm³/mol. The molecule has 1 fully saturated rings. The van der Waals surface area contributed by atoms with Crippen molar-refractivity contribution >= 4 is 28.9 Å². The molecule has 2 aromatic carbocycles. The maximum absolute atomic E-state index is 13.5. The number of rotatable bonds is 4. The number of nitriles is 1. The molecule has 34 heavy (non-hydrogen) atoms. The summed E-state index contributed by atoms with van der Waals surface area (Å²) in [6.45, 7) is 0.685. The second-order valence-corrected chi connectivity index (χ2v) is 8.48. The molecule has 4 rings (SSSR count). The van der Waals surface area contributed by atoms with Gasteiger partial charge in [-0.3, -0.25) is 4.79 Å². The number of amidine groups is 1. The zero-order valence-electron chi connectivity index (χ0n) is 17.7. The fraction of sp³-hybridized carbons (Fsp3) is 0.261. The van der Waals surface area contributed by atoms with E-state index in [1.54, 1.807) is 23.1 Å². The van der Waals surface area contributed by atoms with Crippen LogP contribution in [0.1, 0.15) is 23.1 Å². The van der Waals surface area contributed by atoms with Gasteiger partial charge in [0.15, 0.2) is 16.7 Å². The van der Waals surface area contributed by atoms with E-state index in [-0.39, 0.29) is 23.6 Å². The van der Waals surface area contributed by atoms with Gasteiger partial charge in [0, 0.05) is 6.54 Å². The van der Waals surface area contributed by atoms with Gasteiger partial charge >= 0.3 is 6.18 Å². The average Bonchev–Trinajstić information content (AvgIpc) is 3.39. The minimum absolute atomic E-state index is 0.0215. The third-order valence-corrected chi connectivity index (χ3v) is 6.17. The molecule has 2 aliphatic rings. The highest BCUT2D eigenvalue weighted by atomic mass is 32.2. The summed E-state index contributed by atoms with van der Waals surface area (Å²) in [4.78, 5) is 18.3. The smallest absolute Gasteiger partial charge is 0.420 e. The molecule has 0 bridgehead atoms. The Morgan fingerprint density at radius 3 is 2.62 bits per heavy atom. The van der Waals surface area contributed by atoms with Gasteiger partial charge in [0.05, 0.1) is 35.8 Å². The molecule has 0 radical (unpaired) electrons. The molecule has 0 aromatic heterocycles. The zero-order valence-corrected chi connectivity index (χ0v) is 18.5. The van der Waals surface area contributed by atoms with Crippen LogP contribution in [0.25, 0.3) is 6.08 Å². The quantitative estimate of drug-likeness (QED) is 0.422. The van der Waals surface area contributed by atoms with E-state index in [4.69, 9.17) is 14.7 Å². The van der Waals surface area contributed by atoms with Gasteiger partial charge in [0.25, 0.3) is 5.91 Å². The molecule has 1 atom stereocenters. The van der Waals surface area contributed by atoms with Crippen molar-refractivity contribution in [2.24, 2.45) is 4.99 Å². The van der Waals surface area contributed by atoms with Crippen LogP contribution >= 0.6 is 11.8 Å². The highest BCUT2D eigenvalue weighted by Gasteiger charge is 2.35. The Morgan fingerprint density at radius 1 is 1.21 bits per heavy atom. The number of amides is 1. The molecule has 2 heterocycles. The highest BCUT2D eigenvalue weighted by molar-refractivity contribution is 8.18. The average molecular weight is 491 g/mol. The first-order chi connectivity index (χ1) is 16.2. The van der Waals surface area contributed by atoms with E-state index in [1.165, 1.54) is 25.3 Å². The van der Waals surface area contributed by atoms with Gasteiger partial charge in [-0.15, -0.1) is 0 Å². The lowest BCUT2D eigenvalue weighted by Gasteiger charge is -2.16. The van der Waals surface area contributed by atoms with Gasteiger partial charge in [-0.2, -0.15) is 23.4 Å². The van der Waals surface area contributed by atoms with Crippen LogP contribution in [0.5, 0.6) is 17.2 Å². The van der Waals surface area contributed by atoms with Crippen molar-refractivity contribution in [1.29, 1.82) is 5.26 Å². The van der Waals surface area contributed by atoms with Crippen LogP contribution in [0.4, 0.5) is 17.6 Å². The molecule has 0 N–H and O–H groups in total. The molecule has 1 saturated heterocycles. The molecular weight excluding hydrogens is 474 g/mol. The van der Waals surface area contributed by atoms with Gasteiger partial charge in [0.1, 0.15) is 11.9 Å².